The van der Waals surface area contributed by atoms with Crippen molar-refractivity contribution in [2.75, 3.05) is 44.2 Å². The van der Waals surface area contributed by atoms with Gasteiger partial charge in [-0.1, -0.05) is 42.5 Å². The molecule has 0 aliphatic carbocycles. The lowest BCUT2D eigenvalue weighted by atomic mass is 10.0. The number of hydrogen-bond donors (Lipinski definition) is 2. The summed E-state index contributed by atoms with van der Waals surface area (Å²) in [7, 11) is 0. The van der Waals surface area contributed by atoms with Gasteiger partial charge in [-0.15, -0.1) is 0 Å². The number of carbonyl (C=O) groups is 3. The molecule has 0 radical (unpaired) electrons. The molecule has 9 heteroatoms. The van der Waals surface area contributed by atoms with Gasteiger partial charge in [0.1, 0.15) is 0 Å². The number of amides is 3. The number of anilines is 1. The van der Waals surface area contributed by atoms with Crippen molar-refractivity contribution in [2.45, 2.75) is 0 Å². The van der Waals surface area contributed by atoms with Crippen LogP contribution in [-0.4, -0.2) is 82.2 Å². The molecule has 9 nitrogen and oxygen atoms in total. The number of benzene rings is 3. The Morgan fingerprint density at radius 3 is 2.31 bits per heavy atom. The number of aliphatic hydroxyl groups is 1. The lowest BCUT2D eigenvalue weighted by Gasteiger charge is -2.34. The number of rotatable bonds is 6. The van der Waals surface area contributed by atoms with Gasteiger partial charge in [0, 0.05) is 43.7 Å². The van der Waals surface area contributed by atoms with Gasteiger partial charge < -0.3 is 10.0 Å². The molecule has 2 aliphatic heterocycles. The van der Waals surface area contributed by atoms with E-state index in [4.69, 9.17) is 0 Å². The molecule has 1 saturated heterocycles. The quantitative estimate of drug-likeness (QED) is 0.377. The zero-order valence-corrected chi connectivity index (χ0v) is 21.2. The third-order valence-electron chi connectivity index (χ3n) is 7.31. The predicted octanol–water partition coefficient (Wildman–Crippen LogP) is 3.28. The van der Waals surface area contributed by atoms with E-state index in [-0.39, 0.29) is 12.5 Å². The highest BCUT2D eigenvalue weighted by Crippen LogP contribution is 2.33. The highest BCUT2D eigenvalue weighted by molar-refractivity contribution is 6.35. The van der Waals surface area contributed by atoms with Crippen LogP contribution in [0.2, 0.25) is 0 Å². The van der Waals surface area contributed by atoms with Gasteiger partial charge in [-0.3, -0.25) is 24.4 Å². The number of aromatic nitrogens is 2. The number of aliphatic hydroxyl groups excluding tert-OH is 1. The van der Waals surface area contributed by atoms with Crippen molar-refractivity contribution < 1.29 is 19.5 Å². The number of fused-ring (bicyclic) bond motifs is 2. The van der Waals surface area contributed by atoms with E-state index in [9.17, 15) is 19.5 Å². The van der Waals surface area contributed by atoms with E-state index in [2.05, 4.69) is 15.1 Å². The van der Waals surface area contributed by atoms with Crippen molar-refractivity contribution in [3.8, 4) is 0 Å². The fourth-order valence-electron chi connectivity index (χ4n) is 5.20. The Bertz CT molecular complexity index is 1580. The number of hydrogen-bond acceptors (Lipinski definition) is 6. The van der Waals surface area contributed by atoms with Crippen LogP contribution in [0.25, 0.3) is 23.1 Å². The van der Waals surface area contributed by atoms with Crippen molar-refractivity contribution in [3.05, 3.63) is 94.7 Å². The molecule has 1 aromatic heterocycles. The summed E-state index contributed by atoms with van der Waals surface area (Å²) in [6.07, 6.45) is 3.64. The highest BCUT2D eigenvalue weighted by Gasteiger charge is 2.37. The third kappa shape index (κ3) is 4.52. The van der Waals surface area contributed by atoms with Gasteiger partial charge in [-0.25, -0.2) is 4.90 Å². The van der Waals surface area contributed by atoms with Gasteiger partial charge in [0.05, 0.1) is 34.6 Å². The number of para-hydroxylation sites is 1. The molecular formula is C30H27N5O4. The zero-order valence-electron chi connectivity index (χ0n) is 21.2. The Morgan fingerprint density at radius 1 is 0.897 bits per heavy atom. The Balaban J connectivity index is 1.37. The van der Waals surface area contributed by atoms with Crippen LogP contribution in [-0.2, 0) is 0 Å². The van der Waals surface area contributed by atoms with Crippen molar-refractivity contribution in [3.63, 3.8) is 0 Å². The minimum atomic E-state index is -0.419. The van der Waals surface area contributed by atoms with Gasteiger partial charge >= 0.3 is 0 Å². The molecule has 0 unspecified atom stereocenters. The monoisotopic (exact) mass is 521 g/mol. The molecule has 39 heavy (non-hydrogen) atoms. The standard InChI is InChI=1S/C30H27N5O4/c36-18-17-33-13-15-34(16-14-33)28(37)21-10-9-20(11-12-26-24-7-3-4-8-25(24)31-32-26)27(19-21)35-29(38)22-5-1-2-6-23(22)30(35)39/h1-12,19,36H,13-18H2,(H,31,32). The number of carbonyl (C=O) groups excluding carboxylic acids is 3. The number of piperazine rings is 1. The summed E-state index contributed by atoms with van der Waals surface area (Å²) in [6, 6.07) is 19.6. The van der Waals surface area contributed by atoms with E-state index >= 15 is 0 Å². The minimum absolute atomic E-state index is 0.0840. The molecule has 0 saturated carbocycles. The zero-order chi connectivity index (χ0) is 26.9. The lowest BCUT2D eigenvalue weighted by Crippen LogP contribution is -2.49. The maximum atomic E-state index is 13.5. The molecule has 0 spiro atoms. The summed E-state index contributed by atoms with van der Waals surface area (Å²) in [6.45, 7) is 3.09. The molecular weight excluding hydrogens is 494 g/mol. The van der Waals surface area contributed by atoms with Crippen LogP contribution in [0.15, 0.2) is 66.7 Å². The Hall–Kier alpha value is -4.60. The molecule has 0 bridgehead atoms. The van der Waals surface area contributed by atoms with Gasteiger partial charge in [0.25, 0.3) is 17.7 Å². The molecule has 3 aromatic carbocycles. The van der Waals surface area contributed by atoms with E-state index in [1.807, 2.05) is 36.4 Å². The van der Waals surface area contributed by atoms with E-state index < -0.39 is 11.8 Å². The Labute approximate surface area is 224 Å². The molecule has 0 atom stereocenters. The highest BCUT2D eigenvalue weighted by atomic mass is 16.3. The average Bonchev–Trinajstić information content (AvgIpc) is 3.50. The summed E-state index contributed by atoms with van der Waals surface area (Å²) in [5.74, 6) is -0.999. The third-order valence-corrected chi connectivity index (χ3v) is 7.31. The first kappa shape index (κ1) is 24.7. The maximum Gasteiger partial charge on any atom is 0.266 e. The van der Waals surface area contributed by atoms with Crippen LogP contribution in [0, 0.1) is 0 Å². The van der Waals surface area contributed by atoms with E-state index in [0.717, 1.165) is 21.5 Å². The number of nitrogens with zero attached hydrogens (tertiary/aromatic N) is 4. The fourth-order valence-corrected chi connectivity index (χ4v) is 5.20. The van der Waals surface area contributed by atoms with Crippen LogP contribution in [0.4, 0.5) is 5.69 Å². The summed E-state index contributed by atoms with van der Waals surface area (Å²) < 4.78 is 0. The van der Waals surface area contributed by atoms with Gasteiger partial charge in [-0.05, 0) is 42.0 Å². The number of β-amino-alcohol motifs (C(OH)–C–C–N with tert-alkyl or cyclic N) is 1. The second-order valence-electron chi connectivity index (χ2n) is 9.61. The second-order valence-corrected chi connectivity index (χ2v) is 9.61. The Kier molecular flexibility index (Phi) is 6.52. The van der Waals surface area contributed by atoms with E-state index in [0.29, 0.717) is 60.7 Å². The van der Waals surface area contributed by atoms with Crippen molar-refractivity contribution in [1.82, 2.24) is 20.0 Å². The lowest BCUT2D eigenvalue weighted by molar-refractivity contribution is 0.0614. The first-order valence-electron chi connectivity index (χ1n) is 12.9. The Morgan fingerprint density at radius 2 is 1.59 bits per heavy atom. The summed E-state index contributed by atoms with van der Waals surface area (Å²) in [5.41, 5.74) is 3.67. The molecule has 3 amide bonds. The first-order chi connectivity index (χ1) is 19.0. The molecule has 2 aliphatic rings. The number of nitrogens with one attached hydrogen (secondary N) is 1. The minimum Gasteiger partial charge on any atom is -0.395 e. The van der Waals surface area contributed by atoms with Crippen molar-refractivity contribution in [2.24, 2.45) is 0 Å². The van der Waals surface area contributed by atoms with Crippen LogP contribution >= 0.6 is 0 Å². The summed E-state index contributed by atoms with van der Waals surface area (Å²) >= 11 is 0. The largest absolute Gasteiger partial charge is 0.395 e. The van der Waals surface area contributed by atoms with E-state index in [1.165, 1.54) is 0 Å². The molecule has 2 N–H and O–H groups in total. The SMILES string of the molecule is O=C(c1ccc(C=Cc2n[nH]c3ccccc23)c(N2C(=O)c3ccccc3C2=O)c1)N1CCN(CCO)CC1. The van der Waals surface area contributed by atoms with Crippen LogP contribution in [0.5, 0.6) is 0 Å². The average molecular weight is 522 g/mol. The summed E-state index contributed by atoms with van der Waals surface area (Å²) in [5, 5.41) is 17.5. The maximum absolute atomic E-state index is 13.5. The molecule has 3 heterocycles. The van der Waals surface area contributed by atoms with Gasteiger partial charge in [0.2, 0.25) is 0 Å². The van der Waals surface area contributed by atoms with Crippen molar-refractivity contribution in [1.29, 1.82) is 0 Å². The number of H-pyrrole nitrogens is 1. The molecule has 196 valence electrons. The normalized spacial score (nSPS) is 16.0. The molecule has 1 fully saturated rings. The van der Waals surface area contributed by atoms with Gasteiger partial charge in [-0.2, -0.15) is 5.10 Å². The fraction of sp³-hybridized carbons (Fsp3) is 0.200. The first-order valence-corrected chi connectivity index (χ1v) is 12.9. The van der Waals surface area contributed by atoms with Crippen LogP contribution in [0.1, 0.15) is 42.3 Å². The van der Waals surface area contributed by atoms with Crippen LogP contribution in [0.3, 0.4) is 0 Å². The number of imide groups is 1. The second kappa shape index (κ2) is 10.3. The predicted molar refractivity (Wildman–Crippen MR) is 148 cm³/mol. The van der Waals surface area contributed by atoms with E-state index in [1.54, 1.807) is 47.4 Å². The van der Waals surface area contributed by atoms with Crippen molar-refractivity contribution >= 4 is 46.5 Å². The molecule has 4 aromatic rings. The number of aromatic amines is 1. The summed E-state index contributed by atoms with van der Waals surface area (Å²) in [4.78, 5) is 45.3. The van der Waals surface area contributed by atoms with Crippen LogP contribution < -0.4 is 4.90 Å². The topological polar surface area (TPSA) is 110 Å². The smallest absolute Gasteiger partial charge is 0.266 e. The molecule has 6 rings (SSSR count). The van der Waals surface area contributed by atoms with Gasteiger partial charge in [0.15, 0.2) is 0 Å².